The molecule has 1 aromatic rings. The zero-order valence-electron chi connectivity index (χ0n) is 12.4. The summed E-state index contributed by atoms with van der Waals surface area (Å²) < 4.78 is 5.11. The third-order valence-corrected chi connectivity index (χ3v) is 3.45. The van der Waals surface area contributed by atoms with E-state index in [0.717, 1.165) is 6.42 Å². The third-order valence-electron chi connectivity index (χ3n) is 3.45. The average Bonchev–Trinajstić information content (AvgIpc) is 2.37. The molecule has 0 radical (unpaired) electrons. The minimum Gasteiger partial charge on any atom is -0.463 e. The molecular weight excluding hydrogens is 272 g/mol. The highest BCUT2D eigenvalue weighted by Crippen LogP contribution is 2.37. The lowest BCUT2D eigenvalue weighted by atomic mass is 9.84. The van der Waals surface area contributed by atoms with E-state index in [2.05, 4.69) is 15.3 Å². The van der Waals surface area contributed by atoms with Crippen LogP contribution >= 0.6 is 0 Å². The molecule has 2 heterocycles. The molecule has 7 heteroatoms. The number of ether oxygens (including phenoxy) is 1. The van der Waals surface area contributed by atoms with Gasteiger partial charge in [-0.2, -0.15) is 4.98 Å². The Labute approximate surface area is 122 Å². The van der Waals surface area contributed by atoms with Gasteiger partial charge in [0.05, 0.1) is 17.7 Å². The lowest BCUT2D eigenvalue weighted by molar-refractivity contribution is -0.138. The van der Waals surface area contributed by atoms with Crippen molar-refractivity contribution >= 4 is 17.7 Å². The molecule has 21 heavy (non-hydrogen) atoms. The van der Waals surface area contributed by atoms with Gasteiger partial charge >= 0.3 is 5.97 Å². The van der Waals surface area contributed by atoms with E-state index in [1.165, 1.54) is 0 Å². The number of aromatic nitrogens is 2. The molecule has 0 fully saturated rings. The summed E-state index contributed by atoms with van der Waals surface area (Å²) in [5.74, 6) is -0.265. The Bertz CT molecular complexity index is 648. The van der Waals surface area contributed by atoms with E-state index in [4.69, 9.17) is 10.5 Å². The second-order valence-corrected chi connectivity index (χ2v) is 4.94. The number of esters is 1. The predicted molar refractivity (Wildman–Crippen MR) is 79.9 cm³/mol. The van der Waals surface area contributed by atoms with Crippen LogP contribution in [-0.4, -0.2) is 22.5 Å². The lowest BCUT2D eigenvalue weighted by Crippen LogP contribution is -2.30. The zero-order chi connectivity index (χ0) is 15.6. The standard InChI is InChI=1S/C14H20N4O3/c1-4-6-8-9(13(20)21-5-2)7(3)16-11-10(8)12(19)18-14(15)17-11/h8H,4-6H2,1-3H3,(H4,15,16,17,18,19). The first-order valence-corrected chi connectivity index (χ1v) is 7.04. The van der Waals surface area contributed by atoms with Crippen LogP contribution in [0.1, 0.15) is 45.1 Å². The maximum atomic E-state index is 12.2. The van der Waals surface area contributed by atoms with Gasteiger partial charge in [-0.25, -0.2) is 4.79 Å². The highest BCUT2D eigenvalue weighted by molar-refractivity contribution is 5.93. The largest absolute Gasteiger partial charge is 0.463 e. The monoisotopic (exact) mass is 292 g/mol. The third kappa shape index (κ3) is 2.76. The van der Waals surface area contributed by atoms with Crippen molar-refractivity contribution in [1.82, 2.24) is 9.97 Å². The molecule has 114 valence electrons. The van der Waals surface area contributed by atoms with Crippen molar-refractivity contribution in [3.63, 3.8) is 0 Å². The van der Waals surface area contributed by atoms with Crippen LogP contribution in [0.2, 0.25) is 0 Å². The summed E-state index contributed by atoms with van der Waals surface area (Å²) in [6.07, 6.45) is 1.49. The molecule has 1 aromatic heterocycles. The molecule has 0 saturated carbocycles. The van der Waals surface area contributed by atoms with Crippen LogP contribution in [0.3, 0.4) is 0 Å². The van der Waals surface area contributed by atoms with Crippen LogP contribution in [0.25, 0.3) is 0 Å². The molecule has 2 rings (SSSR count). The molecule has 1 atom stereocenters. The predicted octanol–water partition coefficient (Wildman–Crippen LogP) is 1.50. The van der Waals surface area contributed by atoms with Gasteiger partial charge in [-0.1, -0.05) is 13.3 Å². The zero-order valence-corrected chi connectivity index (χ0v) is 12.4. The SMILES string of the molecule is CCCC1C(C(=O)OCC)=C(C)Nc2nc(N)[nH]c(=O)c21. The summed E-state index contributed by atoms with van der Waals surface area (Å²) in [5, 5.41) is 2.99. The number of nitrogens with zero attached hydrogens (tertiary/aromatic N) is 1. The van der Waals surface area contributed by atoms with E-state index >= 15 is 0 Å². The summed E-state index contributed by atoms with van der Waals surface area (Å²) in [4.78, 5) is 31.0. The molecule has 0 spiro atoms. The number of allylic oxidation sites excluding steroid dienone is 1. The van der Waals surface area contributed by atoms with Crippen LogP contribution < -0.4 is 16.6 Å². The van der Waals surface area contributed by atoms with Crippen molar-refractivity contribution in [3.8, 4) is 0 Å². The number of nitrogens with one attached hydrogen (secondary N) is 2. The minimum atomic E-state index is -0.400. The Morgan fingerprint density at radius 1 is 1.43 bits per heavy atom. The van der Waals surface area contributed by atoms with Gasteiger partial charge in [0.15, 0.2) is 0 Å². The van der Waals surface area contributed by atoms with Gasteiger partial charge in [0, 0.05) is 11.6 Å². The fraction of sp³-hybridized carbons (Fsp3) is 0.500. The van der Waals surface area contributed by atoms with Gasteiger partial charge in [-0.3, -0.25) is 9.78 Å². The molecular formula is C14H20N4O3. The highest BCUT2D eigenvalue weighted by atomic mass is 16.5. The number of hydrogen-bond donors (Lipinski definition) is 3. The number of carbonyl (C=O) groups excluding carboxylic acids is 1. The van der Waals surface area contributed by atoms with Crippen molar-refractivity contribution < 1.29 is 9.53 Å². The van der Waals surface area contributed by atoms with E-state index in [1.807, 2.05) is 6.92 Å². The van der Waals surface area contributed by atoms with Crippen molar-refractivity contribution in [2.45, 2.75) is 39.5 Å². The van der Waals surface area contributed by atoms with Gasteiger partial charge in [0.2, 0.25) is 5.95 Å². The van der Waals surface area contributed by atoms with Crippen molar-refractivity contribution in [2.24, 2.45) is 0 Å². The summed E-state index contributed by atoms with van der Waals surface area (Å²) in [6.45, 7) is 5.81. The molecule has 0 aliphatic carbocycles. The van der Waals surface area contributed by atoms with Crippen LogP contribution in [0, 0.1) is 0 Å². The number of carbonyl (C=O) groups is 1. The van der Waals surface area contributed by atoms with E-state index in [9.17, 15) is 9.59 Å². The highest BCUT2D eigenvalue weighted by Gasteiger charge is 2.34. The molecule has 4 N–H and O–H groups in total. The number of anilines is 2. The Balaban J connectivity index is 2.57. The quantitative estimate of drug-likeness (QED) is 0.725. The molecule has 1 aliphatic rings. The first kappa shape index (κ1) is 15.1. The maximum absolute atomic E-state index is 12.2. The van der Waals surface area contributed by atoms with E-state index < -0.39 is 5.97 Å². The number of hydrogen-bond acceptors (Lipinski definition) is 6. The van der Waals surface area contributed by atoms with Gasteiger partial charge in [0.1, 0.15) is 5.82 Å². The van der Waals surface area contributed by atoms with Crippen LogP contribution in [0.4, 0.5) is 11.8 Å². The summed E-state index contributed by atoms with van der Waals surface area (Å²) in [7, 11) is 0. The van der Waals surface area contributed by atoms with E-state index in [-0.39, 0.29) is 24.0 Å². The Morgan fingerprint density at radius 2 is 2.14 bits per heavy atom. The van der Waals surface area contributed by atoms with Crippen molar-refractivity contribution in [2.75, 3.05) is 17.7 Å². The smallest absolute Gasteiger partial charge is 0.336 e. The molecule has 7 nitrogen and oxygen atoms in total. The molecule has 0 aromatic carbocycles. The number of rotatable bonds is 4. The lowest BCUT2D eigenvalue weighted by Gasteiger charge is -2.28. The fourth-order valence-electron chi connectivity index (χ4n) is 2.65. The van der Waals surface area contributed by atoms with Gasteiger partial charge in [-0.15, -0.1) is 0 Å². The van der Waals surface area contributed by atoms with Gasteiger partial charge < -0.3 is 15.8 Å². The topological polar surface area (TPSA) is 110 Å². The Morgan fingerprint density at radius 3 is 2.76 bits per heavy atom. The molecule has 0 amide bonds. The number of aromatic amines is 1. The second-order valence-electron chi connectivity index (χ2n) is 4.94. The summed E-state index contributed by atoms with van der Waals surface area (Å²) in [6, 6.07) is 0. The van der Waals surface area contributed by atoms with Crippen LogP contribution in [0.5, 0.6) is 0 Å². The van der Waals surface area contributed by atoms with Gasteiger partial charge in [0.25, 0.3) is 5.56 Å². The van der Waals surface area contributed by atoms with E-state index in [0.29, 0.717) is 29.1 Å². The van der Waals surface area contributed by atoms with Crippen LogP contribution in [0.15, 0.2) is 16.1 Å². The first-order chi connectivity index (χ1) is 9.99. The average molecular weight is 292 g/mol. The van der Waals surface area contributed by atoms with Crippen molar-refractivity contribution in [1.29, 1.82) is 0 Å². The van der Waals surface area contributed by atoms with E-state index in [1.54, 1.807) is 13.8 Å². The van der Waals surface area contributed by atoms with Crippen LogP contribution in [-0.2, 0) is 9.53 Å². The summed E-state index contributed by atoms with van der Waals surface area (Å²) >= 11 is 0. The minimum absolute atomic E-state index is 0.0499. The van der Waals surface area contributed by atoms with Crippen molar-refractivity contribution in [3.05, 3.63) is 27.2 Å². The van der Waals surface area contributed by atoms with Gasteiger partial charge in [-0.05, 0) is 20.3 Å². The maximum Gasteiger partial charge on any atom is 0.336 e. The number of nitrogens with two attached hydrogens (primary N) is 1. The Hall–Kier alpha value is -2.31. The summed E-state index contributed by atoms with van der Waals surface area (Å²) in [5.41, 5.74) is 6.84. The Kier molecular flexibility index (Phi) is 4.30. The second kappa shape index (κ2) is 5.99. The first-order valence-electron chi connectivity index (χ1n) is 7.04. The number of nitrogen functional groups attached to an aromatic ring is 1. The molecule has 1 aliphatic heterocycles. The molecule has 0 saturated heterocycles. The normalized spacial score (nSPS) is 17.2. The fourth-order valence-corrected chi connectivity index (χ4v) is 2.65. The number of fused-ring (bicyclic) bond motifs is 1. The molecule has 1 unspecified atom stereocenters. The number of H-pyrrole nitrogens is 1. The molecule has 0 bridgehead atoms.